The van der Waals surface area contributed by atoms with Gasteiger partial charge in [-0.25, -0.2) is 8.78 Å². The average Bonchev–Trinajstić information content (AvgIpc) is 1.85. The molecule has 0 bridgehead atoms. The molecule has 0 rings (SSSR count). The van der Waals surface area contributed by atoms with Crippen LogP contribution in [0.2, 0.25) is 0 Å². The molecule has 0 amide bonds. The Bertz CT molecular complexity index is 160. The molecule has 1 nitrogen and oxygen atoms in total. The summed E-state index contributed by atoms with van der Waals surface area (Å²) >= 11 is 2.89. The van der Waals surface area contributed by atoms with Crippen LogP contribution in [-0.4, -0.2) is 25.4 Å². The number of hydrogen-bond acceptors (Lipinski definition) is 1. The minimum Gasteiger partial charge on any atom is -0.306 e. The lowest BCUT2D eigenvalue weighted by Gasteiger charge is -2.15. The van der Waals surface area contributed by atoms with Gasteiger partial charge in [-0.05, 0) is 0 Å². The summed E-state index contributed by atoms with van der Waals surface area (Å²) in [5, 5.41) is 2.13. The highest BCUT2D eigenvalue weighted by atomic mass is 79.9. The Hall–Kier alpha value is -0.100. The molecule has 0 unspecified atom stereocenters. The first-order valence-corrected chi connectivity index (χ1v) is 3.85. The predicted molar refractivity (Wildman–Crippen MR) is 41.9 cm³/mol. The normalized spacial score (nSPS) is 12.2. The van der Waals surface area contributed by atoms with Gasteiger partial charge < -0.3 is 5.32 Å². The standard InChI is InChI=1S/C6H8BrF4N/c1-4(7)2-12-3-6(10,11)5(8)9/h5,12H,1-3H2. The molecule has 12 heavy (non-hydrogen) atoms. The number of alkyl halides is 4. The molecule has 0 aromatic carbocycles. The summed E-state index contributed by atoms with van der Waals surface area (Å²) in [4.78, 5) is 0. The van der Waals surface area contributed by atoms with E-state index in [4.69, 9.17) is 0 Å². The van der Waals surface area contributed by atoms with Gasteiger partial charge in [-0.1, -0.05) is 22.5 Å². The zero-order chi connectivity index (χ0) is 9.78. The molecular formula is C6H8BrF4N. The molecule has 0 radical (unpaired) electrons. The van der Waals surface area contributed by atoms with Crippen LogP contribution in [0.5, 0.6) is 0 Å². The summed E-state index contributed by atoms with van der Waals surface area (Å²) in [6, 6.07) is 0. The second-order valence-electron chi connectivity index (χ2n) is 2.18. The smallest absolute Gasteiger partial charge is 0.306 e. The van der Waals surface area contributed by atoms with Crippen LogP contribution in [-0.2, 0) is 0 Å². The van der Waals surface area contributed by atoms with Crippen LogP contribution in [0.15, 0.2) is 11.1 Å². The van der Waals surface area contributed by atoms with E-state index in [0.29, 0.717) is 4.48 Å². The maximum absolute atomic E-state index is 12.1. The first kappa shape index (κ1) is 11.9. The van der Waals surface area contributed by atoms with Gasteiger partial charge in [-0.3, -0.25) is 0 Å². The lowest BCUT2D eigenvalue weighted by atomic mass is 10.3. The van der Waals surface area contributed by atoms with Crippen molar-refractivity contribution in [2.45, 2.75) is 12.3 Å². The summed E-state index contributed by atoms with van der Waals surface area (Å²) in [7, 11) is 0. The van der Waals surface area contributed by atoms with E-state index in [-0.39, 0.29) is 6.54 Å². The molecule has 6 heteroatoms. The van der Waals surface area contributed by atoms with Crippen molar-refractivity contribution in [1.82, 2.24) is 5.32 Å². The van der Waals surface area contributed by atoms with E-state index in [0.717, 1.165) is 0 Å². The van der Waals surface area contributed by atoms with Crippen LogP contribution >= 0.6 is 15.9 Å². The third-order valence-corrected chi connectivity index (χ3v) is 1.28. The molecule has 0 aliphatic heterocycles. The molecule has 0 atom stereocenters. The van der Waals surface area contributed by atoms with Crippen LogP contribution in [0.4, 0.5) is 17.6 Å². The van der Waals surface area contributed by atoms with E-state index in [1.807, 2.05) is 0 Å². The van der Waals surface area contributed by atoms with Crippen molar-refractivity contribution in [1.29, 1.82) is 0 Å². The van der Waals surface area contributed by atoms with Crippen LogP contribution < -0.4 is 5.32 Å². The van der Waals surface area contributed by atoms with E-state index in [1.165, 1.54) is 0 Å². The average molecular weight is 250 g/mol. The van der Waals surface area contributed by atoms with E-state index in [1.54, 1.807) is 0 Å². The first-order valence-electron chi connectivity index (χ1n) is 3.06. The number of halogens is 5. The van der Waals surface area contributed by atoms with Gasteiger partial charge in [0.2, 0.25) is 0 Å². The highest BCUT2D eigenvalue weighted by Crippen LogP contribution is 2.21. The molecular weight excluding hydrogens is 242 g/mol. The third-order valence-electron chi connectivity index (χ3n) is 0.997. The lowest BCUT2D eigenvalue weighted by Crippen LogP contribution is -2.39. The van der Waals surface area contributed by atoms with Crippen molar-refractivity contribution in [3.63, 3.8) is 0 Å². The molecule has 0 spiro atoms. The summed E-state index contributed by atoms with van der Waals surface area (Å²) in [5.41, 5.74) is 0. The number of rotatable bonds is 5. The van der Waals surface area contributed by atoms with Crippen molar-refractivity contribution < 1.29 is 17.6 Å². The molecule has 0 saturated heterocycles. The van der Waals surface area contributed by atoms with Crippen LogP contribution in [0.3, 0.4) is 0 Å². The number of hydrogen-bond donors (Lipinski definition) is 1. The summed E-state index contributed by atoms with van der Waals surface area (Å²) in [6.45, 7) is 2.34. The Morgan fingerprint density at radius 1 is 1.50 bits per heavy atom. The minimum absolute atomic E-state index is 0.0440. The molecule has 0 aliphatic rings. The van der Waals surface area contributed by atoms with Gasteiger partial charge in [0, 0.05) is 11.0 Å². The Balaban J connectivity index is 3.69. The maximum atomic E-state index is 12.1. The van der Waals surface area contributed by atoms with E-state index >= 15 is 0 Å². The quantitative estimate of drug-likeness (QED) is 0.738. The Morgan fingerprint density at radius 3 is 2.33 bits per heavy atom. The largest absolute Gasteiger partial charge is 0.319 e. The topological polar surface area (TPSA) is 12.0 Å². The zero-order valence-corrected chi connectivity index (χ0v) is 7.67. The summed E-state index contributed by atoms with van der Waals surface area (Å²) < 4.78 is 47.7. The summed E-state index contributed by atoms with van der Waals surface area (Å²) in [5.74, 6) is -3.97. The molecule has 72 valence electrons. The summed E-state index contributed by atoms with van der Waals surface area (Å²) in [6.07, 6.45) is -3.63. The van der Waals surface area contributed by atoms with Gasteiger partial charge in [0.25, 0.3) is 0 Å². The molecule has 0 saturated carbocycles. The Kier molecular flexibility index (Phi) is 4.77. The van der Waals surface area contributed by atoms with E-state index < -0.39 is 18.9 Å². The second kappa shape index (κ2) is 4.81. The van der Waals surface area contributed by atoms with Gasteiger partial charge in [-0.2, -0.15) is 8.78 Å². The van der Waals surface area contributed by atoms with Crippen molar-refractivity contribution in [2.75, 3.05) is 13.1 Å². The monoisotopic (exact) mass is 249 g/mol. The fourth-order valence-corrected chi connectivity index (χ4v) is 0.640. The maximum Gasteiger partial charge on any atom is 0.319 e. The predicted octanol–water partition coefficient (Wildman–Crippen LogP) is 2.39. The van der Waals surface area contributed by atoms with E-state index in [9.17, 15) is 17.6 Å². The van der Waals surface area contributed by atoms with Gasteiger partial charge in [-0.15, -0.1) is 0 Å². The zero-order valence-electron chi connectivity index (χ0n) is 6.09. The van der Waals surface area contributed by atoms with Crippen molar-refractivity contribution >= 4 is 15.9 Å². The van der Waals surface area contributed by atoms with Gasteiger partial charge in [0.15, 0.2) is 0 Å². The molecule has 0 aliphatic carbocycles. The molecule has 0 fully saturated rings. The highest BCUT2D eigenvalue weighted by molar-refractivity contribution is 9.11. The van der Waals surface area contributed by atoms with Crippen molar-refractivity contribution in [3.05, 3.63) is 11.1 Å². The Labute approximate surface area is 76.0 Å². The van der Waals surface area contributed by atoms with Crippen LogP contribution in [0.25, 0.3) is 0 Å². The molecule has 1 N–H and O–H groups in total. The molecule has 0 aromatic heterocycles. The van der Waals surface area contributed by atoms with Crippen LogP contribution in [0.1, 0.15) is 0 Å². The van der Waals surface area contributed by atoms with Crippen molar-refractivity contribution in [2.24, 2.45) is 0 Å². The fraction of sp³-hybridized carbons (Fsp3) is 0.667. The molecule has 0 aromatic rings. The Morgan fingerprint density at radius 2 is 2.00 bits per heavy atom. The third kappa shape index (κ3) is 4.71. The first-order chi connectivity index (χ1) is 5.36. The molecule has 0 heterocycles. The number of nitrogens with one attached hydrogen (secondary N) is 1. The highest BCUT2D eigenvalue weighted by Gasteiger charge is 2.39. The minimum atomic E-state index is -3.97. The van der Waals surface area contributed by atoms with Gasteiger partial charge >= 0.3 is 12.3 Å². The fourth-order valence-electron chi connectivity index (χ4n) is 0.442. The second-order valence-corrected chi connectivity index (χ2v) is 3.30. The van der Waals surface area contributed by atoms with Crippen molar-refractivity contribution in [3.8, 4) is 0 Å². The van der Waals surface area contributed by atoms with Gasteiger partial charge in [0.1, 0.15) is 0 Å². The van der Waals surface area contributed by atoms with Gasteiger partial charge in [0.05, 0.1) is 6.54 Å². The van der Waals surface area contributed by atoms with E-state index in [2.05, 4.69) is 27.8 Å². The SMILES string of the molecule is C=C(Br)CNCC(F)(F)C(F)F. The van der Waals surface area contributed by atoms with Crippen LogP contribution in [0, 0.1) is 0 Å². The lowest BCUT2D eigenvalue weighted by molar-refractivity contribution is -0.124.